The lowest BCUT2D eigenvalue weighted by Crippen LogP contribution is -2.25. The van der Waals surface area contributed by atoms with Gasteiger partial charge in [0.05, 0.1) is 11.3 Å². The second-order valence-corrected chi connectivity index (χ2v) is 6.18. The third kappa shape index (κ3) is 3.84. The molecule has 6 heteroatoms. The summed E-state index contributed by atoms with van der Waals surface area (Å²) in [7, 11) is 0. The van der Waals surface area contributed by atoms with Gasteiger partial charge in [0.25, 0.3) is 5.91 Å². The molecule has 0 fully saturated rings. The van der Waals surface area contributed by atoms with E-state index in [0.717, 1.165) is 28.9 Å². The molecule has 1 aromatic carbocycles. The first-order chi connectivity index (χ1) is 13.2. The van der Waals surface area contributed by atoms with Crippen molar-refractivity contribution in [1.82, 2.24) is 19.7 Å². The highest BCUT2D eigenvalue weighted by Crippen LogP contribution is 2.20. The molecule has 0 aliphatic carbocycles. The van der Waals surface area contributed by atoms with Gasteiger partial charge in [0.2, 0.25) is 0 Å². The van der Waals surface area contributed by atoms with Crippen molar-refractivity contribution in [2.45, 2.75) is 6.42 Å². The fourth-order valence-electron chi connectivity index (χ4n) is 2.86. The minimum Gasteiger partial charge on any atom is -0.352 e. The summed E-state index contributed by atoms with van der Waals surface area (Å²) in [5.74, 6) is -0.420. The Kier molecular flexibility index (Phi) is 4.61. The summed E-state index contributed by atoms with van der Waals surface area (Å²) in [6, 6.07) is 13.6. The zero-order chi connectivity index (χ0) is 18.6. The van der Waals surface area contributed by atoms with Gasteiger partial charge in [-0.1, -0.05) is 0 Å². The van der Waals surface area contributed by atoms with E-state index in [1.54, 1.807) is 47.3 Å². The van der Waals surface area contributed by atoms with Crippen LogP contribution < -0.4 is 5.32 Å². The van der Waals surface area contributed by atoms with Gasteiger partial charge in [-0.3, -0.25) is 9.78 Å². The fourth-order valence-corrected chi connectivity index (χ4v) is 2.86. The van der Waals surface area contributed by atoms with Crippen molar-refractivity contribution in [2.75, 3.05) is 6.54 Å². The second kappa shape index (κ2) is 7.37. The first kappa shape index (κ1) is 16.9. The van der Waals surface area contributed by atoms with Crippen LogP contribution in [0.5, 0.6) is 0 Å². The Morgan fingerprint density at radius 2 is 1.78 bits per heavy atom. The summed E-state index contributed by atoms with van der Waals surface area (Å²) in [4.78, 5) is 20.9. The predicted octanol–water partition coefficient (Wildman–Crippen LogP) is 3.51. The zero-order valence-electron chi connectivity index (χ0n) is 14.5. The van der Waals surface area contributed by atoms with E-state index in [1.807, 2.05) is 18.3 Å². The Balaban J connectivity index is 1.47. The van der Waals surface area contributed by atoms with Crippen molar-refractivity contribution in [1.29, 1.82) is 0 Å². The Bertz CT molecular complexity index is 1070. The minimum atomic E-state index is -0.284. The monoisotopic (exact) mass is 360 g/mol. The van der Waals surface area contributed by atoms with Crippen LogP contribution in [0.2, 0.25) is 0 Å². The van der Waals surface area contributed by atoms with Crippen LogP contribution in [0, 0.1) is 5.82 Å². The normalized spacial score (nSPS) is 10.9. The predicted molar refractivity (Wildman–Crippen MR) is 101 cm³/mol. The van der Waals surface area contributed by atoms with E-state index in [1.165, 1.54) is 12.1 Å². The number of pyridine rings is 2. The lowest BCUT2D eigenvalue weighted by Gasteiger charge is -2.05. The van der Waals surface area contributed by atoms with Crippen LogP contribution in [0.3, 0.4) is 0 Å². The molecule has 0 bridgehead atoms. The van der Waals surface area contributed by atoms with Gasteiger partial charge in [0, 0.05) is 36.9 Å². The van der Waals surface area contributed by atoms with Gasteiger partial charge in [-0.2, -0.15) is 0 Å². The van der Waals surface area contributed by atoms with Crippen molar-refractivity contribution in [3.8, 4) is 11.3 Å². The number of nitrogens with one attached hydrogen (secondary N) is 1. The molecule has 4 rings (SSSR count). The molecule has 0 saturated carbocycles. The van der Waals surface area contributed by atoms with Gasteiger partial charge in [0.15, 0.2) is 0 Å². The van der Waals surface area contributed by atoms with Crippen molar-refractivity contribution >= 4 is 11.6 Å². The van der Waals surface area contributed by atoms with Crippen LogP contribution in [0.25, 0.3) is 16.9 Å². The van der Waals surface area contributed by atoms with Crippen LogP contribution in [-0.4, -0.2) is 26.8 Å². The number of aromatic nitrogens is 3. The van der Waals surface area contributed by atoms with Crippen LogP contribution in [0.1, 0.15) is 15.9 Å². The average molecular weight is 360 g/mol. The molecule has 134 valence electrons. The van der Waals surface area contributed by atoms with Gasteiger partial charge in [-0.05, 0) is 60.5 Å². The van der Waals surface area contributed by atoms with E-state index in [9.17, 15) is 9.18 Å². The van der Waals surface area contributed by atoms with Gasteiger partial charge in [0.1, 0.15) is 11.5 Å². The number of halogens is 1. The molecule has 0 atom stereocenters. The summed E-state index contributed by atoms with van der Waals surface area (Å²) in [5, 5.41) is 2.92. The highest BCUT2D eigenvalue weighted by atomic mass is 19.1. The number of amides is 1. The molecule has 4 aromatic rings. The minimum absolute atomic E-state index is 0.136. The van der Waals surface area contributed by atoms with Crippen LogP contribution >= 0.6 is 0 Å². The summed E-state index contributed by atoms with van der Waals surface area (Å²) in [6.45, 7) is 0.547. The molecule has 0 saturated heterocycles. The molecular formula is C21H17FN4O. The van der Waals surface area contributed by atoms with Crippen LogP contribution in [0.15, 0.2) is 73.3 Å². The molecule has 3 heterocycles. The Labute approximate surface area is 155 Å². The number of carbonyl (C=O) groups excluding carboxylic acids is 1. The molecule has 27 heavy (non-hydrogen) atoms. The van der Waals surface area contributed by atoms with E-state index in [0.29, 0.717) is 12.1 Å². The quantitative estimate of drug-likeness (QED) is 0.592. The van der Waals surface area contributed by atoms with Gasteiger partial charge < -0.3 is 9.72 Å². The molecule has 0 unspecified atom stereocenters. The van der Waals surface area contributed by atoms with Crippen molar-refractivity contribution < 1.29 is 9.18 Å². The van der Waals surface area contributed by atoms with E-state index >= 15 is 0 Å². The van der Waals surface area contributed by atoms with Crippen LogP contribution in [-0.2, 0) is 6.42 Å². The van der Waals surface area contributed by atoms with E-state index in [4.69, 9.17) is 0 Å². The lowest BCUT2D eigenvalue weighted by atomic mass is 10.2. The molecule has 1 amide bonds. The van der Waals surface area contributed by atoms with Crippen molar-refractivity contribution in [3.63, 3.8) is 0 Å². The highest BCUT2D eigenvalue weighted by Gasteiger charge is 2.09. The zero-order valence-corrected chi connectivity index (χ0v) is 14.5. The van der Waals surface area contributed by atoms with E-state index in [-0.39, 0.29) is 11.7 Å². The Morgan fingerprint density at radius 3 is 2.56 bits per heavy atom. The summed E-state index contributed by atoms with van der Waals surface area (Å²) < 4.78 is 14.9. The molecule has 0 aliphatic rings. The maximum Gasteiger partial charge on any atom is 0.252 e. The SMILES string of the molecule is O=C(NCCc1ccncc1)c1ccc2nc(-c3ccc(F)cc3)cn2c1. The maximum atomic E-state index is 13.1. The number of rotatable bonds is 5. The first-order valence-electron chi connectivity index (χ1n) is 8.61. The van der Waals surface area contributed by atoms with Gasteiger partial charge >= 0.3 is 0 Å². The van der Waals surface area contributed by atoms with Gasteiger partial charge in [-0.15, -0.1) is 0 Å². The van der Waals surface area contributed by atoms with E-state index in [2.05, 4.69) is 15.3 Å². The number of imidazole rings is 1. The number of nitrogens with zero attached hydrogens (tertiary/aromatic N) is 3. The molecule has 3 aromatic heterocycles. The van der Waals surface area contributed by atoms with E-state index < -0.39 is 0 Å². The number of fused-ring (bicyclic) bond motifs is 1. The number of hydrogen-bond acceptors (Lipinski definition) is 3. The molecule has 0 spiro atoms. The largest absolute Gasteiger partial charge is 0.352 e. The summed E-state index contributed by atoms with van der Waals surface area (Å²) in [6.07, 6.45) is 7.80. The molecule has 5 nitrogen and oxygen atoms in total. The average Bonchev–Trinajstić information content (AvgIpc) is 3.12. The van der Waals surface area contributed by atoms with Crippen molar-refractivity contribution in [3.05, 3.63) is 90.3 Å². The number of hydrogen-bond donors (Lipinski definition) is 1. The molecule has 0 radical (unpaired) electrons. The van der Waals surface area contributed by atoms with Crippen LogP contribution in [0.4, 0.5) is 4.39 Å². The fraction of sp³-hybridized carbons (Fsp3) is 0.0952. The third-order valence-electron chi connectivity index (χ3n) is 4.30. The van der Waals surface area contributed by atoms with Gasteiger partial charge in [-0.25, -0.2) is 9.37 Å². The standard InChI is InChI=1S/C21H17FN4O/c22-18-4-1-16(2-5-18)19-14-26-13-17(3-6-20(26)25-19)21(27)24-12-9-15-7-10-23-11-8-15/h1-8,10-11,13-14H,9,12H2,(H,24,27). The van der Waals surface area contributed by atoms with Crippen molar-refractivity contribution in [2.24, 2.45) is 0 Å². The molecule has 1 N–H and O–H groups in total. The summed E-state index contributed by atoms with van der Waals surface area (Å²) in [5.41, 5.74) is 3.95. The Hall–Kier alpha value is -3.54. The smallest absolute Gasteiger partial charge is 0.252 e. The highest BCUT2D eigenvalue weighted by molar-refractivity contribution is 5.94. The topological polar surface area (TPSA) is 59.3 Å². The number of carbonyl (C=O) groups is 1. The second-order valence-electron chi connectivity index (χ2n) is 6.18. The molecule has 0 aliphatic heterocycles. The number of benzene rings is 1. The maximum absolute atomic E-state index is 13.1. The first-order valence-corrected chi connectivity index (χ1v) is 8.61. The Morgan fingerprint density at radius 1 is 1.00 bits per heavy atom. The third-order valence-corrected chi connectivity index (χ3v) is 4.30. The molecular weight excluding hydrogens is 343 g/mol. The summed E-state index contributed by atoms with van der Waals surface area (Å²) >= 11 is 0. The lowest BCUT2D eigenvalue weighted by molar-refractivity contribution is 0.0953.